The minimum atomic E-state index is -4.74. The Kier molecular flexibility index (Phi) is 7.20. The molecule has 1 aliphatic carbocycles. The molecular weight excluding hydrogens is 471 g/mol. The molecule has 1 aliphatic rings. The largest absolute Gasteiger partial charge is 0.573 e. The van der Waals surface area contributed by atoms with Gasteiger partial charge in [0.15, 0.2) is 0 Å². The quantitative estimate of drug-likeness (QED) is 0.346. The van der Waals surface area contributed by atoms with E-state index in [0.29, 0.717) is 24.0 Å². The molecule has 4 rings (SSSR count). The minimum absolute atomic E-state index is 0.174. The second kappa shape index (κ2) is 10.0. The van der Waals surface area contributed by atoms with Gasteiger partial charge in [-0.25, -0.2) is 4.98 Å². The first-order valence-electron chi connectivity index (χ1n) is 12.1. The first-order valence-corrected chi connectivity index (χ1v) is 12.1. The number of fused-ring (bicyclic) bond motifs is 1. The summed E-state index contributed by atoms with van der Waals surface area (Å²) in [5.41, 5.74) is 3.54. The van der Waals surface area contributed by atoms with Crippen molar-refractivity contribution < 1.29 is 27.4 Å². The van der Waals surface area contributed by atoms with Crippen molar-refractivity contribution in [3.8, 4) is 5.75 Å². The Morgan fingerprint density at radius 3 is 2.53 bits per heavy atom. The molecule has 9 heteroatoms. The summed E-state index contributed by atoms with van der Waals surface area (Å²) in [4.78, 5) is 16.5. The second-order valence-corrected chi connectivity index (χ2v) is 10.5. The van der Waals surface area contributed by atoms with Gasteiger partial charge in [0.25, 0.3) is 0 Å². The molecule has 1 aromatic heterocycles. The summed E-state index contributed by atoms with van der Waals surface area (Å²) >= 11 is 0. The van der Waals surface area contributed by atoms with Gasteiger partial charge in [0.1, 0.15) is 5.75 Å². The van der Waals surface area contributed by atoms with Crippen molar-refractivity contribution in [2.45, 2.75) is 65.3 Å². The van der Waals surface area contributed by atoms with Crippen molar-refractivity contribution in [2.75, 3.05) is 12.4 Å². The van der Waals surface area contributed by atoms with Crippen molar-refractivity contribution in [3.05, 3.63) is 48.0 Å². The predicted molar refractivity (Wildman–Crippen MR) is 132 cm³/mol. The van der Waals surface area contributed by atoms with E-state index >= 15 is 0 Å². The number of carbonyl (C=O) groups excluding carboxylic acids is 1. The lowest BCUT2D eigenvalue weighted by atomic mass is 9.70. The van der Waals surface area contributed by atoms with Crippen LogP contribution in [0.2, 0.25) is 0 Å². The SMILES string of the molecule is COC(=O)CCc1ccc2c(c1)nc(Nc1ccc(OC(F)(F)F)cc1)n2C1CC(C)CC(C)(C)C1. The van der Waals surface area contributed by atoms with Crippen molar-refractivity contribution >= 4 is 28.6 Å². The highest BCUT2D eigenvalue weighted by atomic mass is 19.4. The molecule has 0 radical (unpaired) electrons. The van der Waals surface area contributed by atoms with Crippen molar-refractivity contribution in [3.63, 3.8) is 0 Å². The number of ether oxygens (including phenoxy) is 2. The van der Waals surface area contributed by atoms with Gasteiger partial charge in [0.2, 0.25) is 5.95 Å². The van der Waals surface area contributed by atoms with E-state index in [0.717, 1.165) is 35.9 Å². The molecule has 0 saturated heterocycles. The van der Waals surface area contributed by atoms with Gasteiger partial charge in [0, 0.05) is 18.2 Å². The number of methoxy groups -OCH3 is 1. The number of aromatic nitrogens is 2. The molecule has 0 bridgehead atoms. The zero-order chi connectivity index (χ0) is 26.1. The van der Waals surface area contributed by atoms with E-state index in [-0.39, 0.29) is 29.6 Å². The van der Waals surface area contributed by atoms with Gasteiger partial charge >= 0.3 is 12.3 Å². The van der Waals surface area contributed by atoms with Gasteiger partial charge in [-0.15, -0.1) is 13.2 Å². The third-order valence-electron chi connectivity index (χ3n) is 6.67. The molecule has 1 saturated carbocycles. The highest BCUT2D eigenvalue weighted by Crippen LogP contribution is 2.46. The number of hydrogen-bond acceptors (Lipinski definition) is 5. The van der Waals surface area contributed by atoms with Gasteiger partial charge in [-0.3, -0.25) is 4.79 Å². The molecule has 6 nitrogen and oxygen atoms in total. The normalized spacial score (nSPS) is 19.8. The number of nitrogens with one attached hydrogen (secondary N) is 1. The van der Waals surface area contributed by atoms with Crippen molar-refractivity contribution in [2.24, 2.45) is 11.3 Å². The van der Waals surface area contributed by atoms with Gasteiger partial charge in [-0.1, -0.05) is 26.8 Å². The molecule has 2 atom stereocenters. The monoisotopic (exact) mass is 503 g/mol. The van der Waals surface area contributed by atoms with E-state index in [2.05, 4.69) is 35.4 Å². The van der Waals surface area contributed by atoms with E-state index in [1.807, 2.05) is 18.2 Å². The number of alkyl halides is 3. The van der Waals surface area contributed by atoms with Crippen LogP contribution in [-0.4, -0.2) is 29.0 Å². The maximum atomic E-state index is 12.5. The van der Waals surface area contributed by atoms with Crippen LogP contribution in [0.1, 0.15) is 58.1 Å². The lowest BCUT2D eigenvalue weighted by molar-refractivity contribution is -0.274. The fourth-order valence-electron chi connectivity index (χ4n) is 5.47. The number of esters is 1. The van der Waals surface area contributed by atoms with Crippen molar-refractivity contribution in [1.82, 2.24) is 9.55 Å². The van der Waals surface area contributed by atoms with Crippen LogP contribution in [0.5, 0.6) is 5.75 Å². The van der Waals surface area contributed by atoms with Crippen LogP contribution >= 0.6 is 0 Å². The topological polar surface area (TPSA) is 65.4 Å². The fourth-order valence-corrected chi connectivity index (χ4v) is 5.47. The Bertz CT molecular complexity index is 1220. The number of rotatable bonds is 7. The molecule has 1 fully saturated rings. The molecule has 36 heavy (non-hydrogen) atoms. The van der Waals surface area contributed by atoms with E-state index < -0.39 is 6.36 Å². The number of hydrogen-bond donors (Lipinski definition) is 1. The highest BCUT2D eigenvalue weighted by molar-refractivity contribution is 5.81. The number of aryl methyl sites for hydroxylation is 1. The Hall–Kier alpha value is -3.23. The molecule has 2 unspecified atom stereocenters. The number of halogens is 3. The van der Waals surface area contributed by atoms with Gasteiger partial charge in [-0.2, -0.15) is 0 Å². The number of nitrogens with zero attached hydrogens (tertiary/aromatic N) is 2. The average Bonchev–Trinajstić information content (AvgIpc) is 3.13. The first-order chi connectivity index (χ1) is 16.9. The van der Waals surface area contributed by atoms with Gasteiger partial charge in [-0.05, 0) is 79.0 Å². The van der Waals surface area contributed by atoms with E-state index in [1.54, 1.807) is 12.1 Å². The molecule has 1 N–H and O–H groups in total. The van der Waals surface area contributed by atoms with E-state index in [9.17, 15) is 18.0 Å². The molecule has 0 aliphatic heterocycles. The predicted octanol–water partition coefficient (Wildman–Crippen LogP) is 7.17. The van der Waals surface area contributed by atoms with E-state index in [1.165, 1.54) is 19.2 Å². The Morgan fingerprint density at radius 2 is 1.89 bits per heavy atom. The van der Waals surface area contributed by atoms with Crippen LogP contribution in [0, 0.1) is 11.3 Å². The third-order valence-corrected chi connectivity index (χ3v) is 6.67. The van der Waals surface area contributed by atoms with Crippen LogP contribution in [-0.2, 0) is 16.0 Å². The molecular formula is C27H32F3N3O3. The fraction of sp³-hybridized carbons (Fsp3) is 0.481. The maximum absolute atomic E-state index is 12.5. The van der Waals surface area contributed by atoms with Crippen LogP contribution in [0.4, 0.5) is 24.8 Å². The van der Waals surface area contributed by atoms with Gasteiger partial charge in [0.05, 0.1) is 18.1 Å². The van der Waals surface area contributed by atoms with Crippen LogP contribution in [0.25, 0.3) is 11.0 Å². The third kappa shape index (κ3) is 6.30. The Morgan fingerprint density at radius 1 is 1.17 bits per heavy atom. The zero-order valence-electron chi connectivity index (χ0n) is 21.0. The minimum Gasteiger partial charge on any atom is -0.469 e. The highest BCUT2D eigenvalue weighted by Gasteiger charge is 2.35. The standard InChI is InChI=1S/C27H32F3N3O3/c1-17-13-20(16-26(2,3)15-17)33-23-11-5-18(6-12-24(34)35-4)14-22(23)32-25(33)31-19-7-9-21(10-8-19)36-27(28,29)30/h5,7-11,14,17,20H,6,12-13,15-16H2,1-4H3,(H,31,32). The molecule has 0 amide bonds. The molecule has 0 spiro atoms. The van der Waals surface area contributed by atoms with E-state index in [4.69, 9.17) is 9.72 Å². The molecule has 194 valence electrons. The molecule has 2 aromatic carbocycles. The van der Waals surface area contributed by atoms with Crippen LogP contribution in [0.3, 0.4) is 0 Å². The van der Waals surface area contributed by atoms with Crippen LogP contribution < -0.4 is 10.1 Å². The summed E-state index contributed by atoms with van der Waals surface area (Å²) in [6, 6.07) is 11.9. The zero-order valence-corrected chi connectivity index (χ0v) is 21.0. The summed E-state index contributed by atoms with van der Waals surface area (Å²) < 4.78 is 48.6. The summed E-state index contributed by atoms with van der Waals surface area (Å²) in [7, 11) is 1.37. The lowest BCUT2D eigenvalue weighted by Crippen LogP contribution is -2.29. The second-order valence-electron chi connectivity index (χ2n) is 10.5. The molecule has 1 heterocycles. The number of imidazole rings is 1. The number of carbonyl (C=O) groups is 1. The average molecular weight is 504 g/mol. The summed E-state index contributed by atoms with van der Waals surface area (Å²) in [5.74, 6) is 0.635. The summed E-state index contributed by atoms with van der Waals surface area (Å²) in [6.45, 7) is 6.84. The summed E-state index contributed by atoms with van der Waals surface area (Å²) in [5, 5.41) is 3.31. The first kappa shape index (κ1) is 25.9. The Balaban J connectivity index is 1.68. The lowest BCUT2D eigenvalue weighted by Gasteiger charge is -2.40. The summed E-state index contributed by atoms with van der Waals surface area (Å²) in [6.07, 6.45) is -0.761. The van der Waals surface area contributed by atoms with Crippen molar-refractivity contribution in [1.29, 1.82) is 0 Å². The Labute approximate surface area is 208 Å². The maximum Gasteiger partial charge on any atom is 0.573 e. The molecule has 3 aromatic rings. The number of anilines is 2. The number of benzene rings is 2. The van der Waals surface area contributed by atoms with Gasteiger partial charge < -0.3 is 19.4 Å². The smallest absolute Gasteiger partial charge is 0.469 e. The van der Waals surface area contributed by atoms with Crippen LogP contribution in [0.15, 0.2) is 42.5 Å².